The summed E-state index contributed by atoms with van der Waals surface area (Å²) in [6.45, 7) is 1.48. The molecule has 2 rings (SSSR count). The standard InChI is InChI=1S/C18H21BClFN4O5/c1-9(26)14-6-12(21)3-4-13(14)15-11(8-25(2)24-15)5-10(16(20)22)7-23-17(19,27)18(28,29)30/h3-4,6-9,22-23,26-30H,5H2,1-2H3/b10-7-,22-16?/t9-,17?/m1/s1. The molecule has 0 aliphatic heterocycles. The van der Waals surface area contributed by atoms with Crippen LogP contribution >= 0.6 is 11.6 Å². The minimum Gasteiger partial charge on any atom is -0.389 e. The van der Waals surface area contributed by atoms with Crippen LogP contribution in [0.4, 0.5) is 4.39 Å². The van der Waals surface area contributed by atoms with E-state index in [0.717, 1.165) is 6.20 Å². The average molecular weight is 439 g/mol. The van der Waals surface area contributed by atoms with Crippen LogP contribution in [-0.4, -0.2) is 59.9 Å². The first-order valence-corrected chi connectivity index (χ1v) is 9.00. The van der Waals surface area contributed by atoms with Crippen LogP contribution in [0.5, 0.6) is 0 Å². The zero-order valence-electron chi connectivity index (χ0n) is 16.1. The van der Waals surface area contributed by atoms with E-state index in [1.54, 1.807) is 13.2 Å². The zero-order valence-corrected chi connectivity index (χ0v) is 16.9. The summed E-state index contributed by atoms with van der Waals surface area (Å²) in [6.07, 6.45) is 1.53. The van der Waals surface area contributed by atoms with Gasteiger partial charge in [0.25, 0.3) is 0 Å². The Morgan fingerprint density at radius 1 is 1.40 bits per heavy atom. The van der Waals surface area contributed by atoms with Crippen LogP contribution in [0.25, 0.3) is 11.3 Å². The SMILES string of the molecule is [B]C(O)(N/C=C(/Cc1cn(C)nc1-c1ccc(F)cc1[C@@H](C)O)C(=N)Cl)C(O)(O)O. The van der Waals surface area contributed by atoms with Crippen molar-refractivity contribution in [3.63, 3.8) is 0 Å². The lowest BCUT2D eigenvalue weighted by Gasteiger charge is -2.33. The second kappa shape index (κ2) is 8.84. The molecular weight excluding hydrogens is 417 g/mol. The number of nitrogens with zero attached hydrogens (tertiary/aromatic N) is 2. The number of aromatic nitrogens is 2. The Balaban J connectivity index is 2.47. The molecule has 0 aliphatic rings. The number of nitrogens with one attached hydrogen (secondary N) is 2. The molecule has 2 atom stereocenters. The van der Waals surface area contributed by atoms with Crippen LogP contribution < -0.4 is 5.32 Å². The fraction of sp³-hybridized carbons (Fsp3) is 0.333. The van der Waals surface area contributed by atoms with Crippen molar-refractivity contribution in [3.05, 3.63) is 53.1 Å². The number of hydrogen-bond donors (Lipinski definition) is 7. The van der Waals surface area contributed by atoms with Crippen LogP contribution in [0, 0.1) is 11.2 Å². The predicted molar refractivity (Wildman–Crippen MR) is 108 cm³/mol. The smallest absolute Gasteiger partial charge is 0.315 e. The molecule has 2 aromatic rings. The molecule has 0 saturated carbocycles. The lowest BCUT2D eigenvalue weighted by molar-refractivity contribution is -0.372. The lowest BCUT2D eigenvalue weighted by atomic mass is 9.88. The summed E-state index contributed by atoms with van der Waals surface area (Å²) in [5.74, 6) is -4.20. The van der Waals surface area contributed by atoms with Gasteiger partial charge in [0.15, 0.2) is 13.5 Å². The number of aryl methyl sites for hydroxylation is 1. The third-order valence-corrected chi connectivity index (χ3v) is 4.51. The molecule has 0 aliphatic carbocycles. The molecule has 1 aromatic heterocycles. The number of benzene rings is 1. The van der Waals surface area contributed by atoms with Crippen LogP contribution in [0.3, 0.4) is 0 Å². The highest BCUT2D eigenvalue weighted by Crippen LogP contribution is 2.31. The summed E-state index contributed by atoms with van der Waals surface area (Å²) in [7, 11) is 6.83. The quantitative estimate of drug-likeness (QED) is 0.173. The molecule has 30 heavy (non-hydrogen) atoms. The third kappa shape index (κ3) is 5.45. The number of hydrogen-bond acceptors (Lipinski definition) is 8. The first kappa shape index (κ1) is 24.0. The molecule has 0 fully saturated rings. The highest BCUT2D eigenvalue weighted by Gasteiger charge is 2.41. The predicted octanol–water partition coefficient (Wildman–Crippen LogP) is -0.0431. The van der Waals surface area contributed by atoms with E-state index in [-0.39, 0.29) is 12.0 Å². The van der Waals surface area contributed by atoms with Crippen LogP contribution in [-0.2, 0) is 13.5 Å². The zero-order chi connectivity index (χ0) is 22.9. The van der Waals surface area contributed by atoms with Gasteiger partial charge in [0.2, 0.25) is 0 Å². The molecule has 7 N–H and O–H groups in total. The molecule has 9 nitrogen and oxygen atoms in total. The van der Waals surface area contributed by atoms with Crippen LogP contribution in [0.2, 0.25) is 0 Å². The lowest BCUT2D eigenvalue weighted by Crippen LogP contribution is -2.62. The van der Waals surface area contributed by atoms with Gasteiger partial charge in [-0.2, -0.15) is 5.10 Å². The number of aliphatic hydroxyl groups is 5. The van der Waals surface area contributed by atoms with Gasteiger partial charge in [0.1, 0.15) is 11.0 Å². The molecule has 1 unspecified atom stereocenters. The maximum absolute atomic E-state index is 13.7. The second-order valence-electron chi connectivity index (χ2n) is 6.79. The minimum atomic E-state index is -3.68. The average Bonchev–Trinajstić information content (AvgIpc) is 2.97. The Bertz CT molecular complexity index is 972. The summed E-state index contributed by atoms with van der Waals surface area (Å²) >= 11 is 5.79. The second-order valence-corrected chi connectivity index (χ2v) is 7.17. The molecule has 0 spiro atoms. The fourth-order valence-corrected chi connectivity index (χ4v) is 2.80. The van der Waals surface area contributed by atoms with Gasteiger partial charge in [-0.25, -0.2) is 4.39 Å². The van der Waals surface area contributed by atoms with E-state index in [1.807, 2.05) is 5.32 Å². The number of rotatable bonds is 8. The third-order valence-electron chi connectivity index (χ3n) is 4.26. The van der Waals surface area contributed by atoms with Crippen molar-refractivity contribution in [1.29, 1.82) is 5.41 Å². The van der Waals surface area contributed by atoms with Gasteiger partial charge in [-0.1, -0.05) is 11.6 Å². The molecule has 1 heterocycles. The summed E-state index contributed by atoms with van der Waals surface area (Å²) in [5, 5.41) is 60.5. The van der Waals surface area contributed by atoms with Gasteiger partial charge in [-0.3, -0.25) is 10.1 Å². The maximum atomic E-state index is 13.7. The first-order chi connectivity index (χ1) is 13.7. The van der Waals surface area contributed by atoms with E-state index >= 15 is 0 Å². The van der Waals surface area contributed by atoms with Crippen molar-refractivity contribution in [2.24, 2.45) is 7.05 Å². The number of halogens is 2. The molecule has 160 valence electrons. The Morgan fingerprint density at radius 3 is 2.57 bits per heavy atom. The van der Waals surface area contributed by atoms with Crippen molar-refractivity contribution >= 4 is 24.6 Å². The van der Waals surface area contributed by atoms with Gasteiger partial charge in [-0.15, -0.1) is 0 Å². The Kier molecular flexibility index (Phi) is 7.07. The molecule has 0 saturated heterocycles. The molecular formula is C18H21BClFN4O5. The van der Waals surface area contributed by atoms with E-state index < -0.39 is 28.7 Å². The number of allylic oxidation sites excluding steroid dienone is 1. The molecule has 1 aromatic carbocycles. The summed E-state index contributed by atoms with van der Waals surface area (Å²) in [6, 6.07) is 3.88. The number of aliphatic hydroxyl groups excluding tert-OH is 1. The van der Waals surface area contributed by atoms with Crippen molar-refractivity contribution in [1.82, 2.24) is 15.1 Å². The minimum absolute atomic E-state index is 0.0412. The van der Waals surface area contributed by atoms with Crippen molar-refractivity contribution in [2.75, 3.05) is 0 Å². The summed E-state index contributed by atoms with van der Waals surface area (Å²) in [5.41, 5.74) is -1.33. The fourth-order valence-electron chi connectivity index (χ4n) is 2.68. The van der Waals surface area contributed by atoms with Gasteiger partial charge >= 0.3 is 5.97 Å². The van der Waals surface area contributed by atoms with E-state index in [1.165, 1.54) is 29.8 Å². The Labute approximate surface area is 178 Å². The van der Waals surface area contributed by atoms with Gasteiger partial charge in [0, 0.05) is 42.6 Å². The van der Waals surface area contributed by atoms with E-state index in [0.29, 0.717) is 22.4 Å². The molecule has 12 heteroatoms. The molecule has 0 bridgehead atoms. The van der Waals surface area contributed by atoms with Gasteiger partial charge in [0.05, 0.1) is 11.8 Å². The molecule has 2 radical (unpaired) electrons. The summed E-state index contributed by atoms with van der Waals surface area (Å²) < 4.78 is 15.1. The van der Waals surface area contributed by atoms with E-state index in [4.69, 9.17) is 40.2 Å². The van der Waals surface area contributed by atoms with Crippen LogP contribution in [0.15, 0.2) is 36.2 Å². The van der Waals surface area contributed by atoms with Crippen molar-refractivity contribution in [3.8, 4) is 11.3 Å². The first-order valence-electron chi connectivity index (χ1n) is 8.63. The monoisotopic (exact) mass is 438 g/mol. The van der Waals surface area contributed by atoms with E-state index in [2.05, 4.69) is 5.10 Å². The normalized spacial score (nSPS) is 15.6. The summed E-state index contributed by atoms with van der Waals surface area (Å²) in [4.78, 5) is 0. The largest absolute Gasteiger partial charge is 0.389 e. The Hall–Kier alpha value is -2.28. The topological polar surface area (TPSA) is 155 Å². The van der Waals surface area contributed by atoms with E-state index in [9.17, 15) is 14.6 Å². The highest BCUT2D eigenvalue weighted by molar-refractivity contribution is 6.68. The van der Waals surface area contributed by atoms with Crippen molar-refractivity contribution in [2.45, 2.75) is 31.0 Å². The van der Waals surface area contributed by atoms with Crippen LogP contribution in [0.1, 0.15) is 24.2 Å². The van der Waals surface area contributed by atoms with Crippen molar-refractivity contribution < 1.29 is 29.9 Å². The Morgan fingerprint density at radius 2 is 2.03 bits per heavy atom. The van der Waals surface area contributed by atoms with Gasteiger partial charge in [-0.05, 0) is 30.7 Å². The highest BCUT2D eigenvalue weighted by atomic mass is 35.5. The maximum Gasteiger partial charge on any atom is 0.315 e. The van der Waals surface area contributed by atoms with Gasteiger partial charge < -0.3 is 30.8 Å². The molecule has 0 amide bonds.